The number of piperidine rings is 3. The number of aromatic nitrogens is 1. The normalized spacial score (nSPS) is 30.4. The second-order valence-electron chi connectivity index (χ2n) is 6.16. The molecule has 3 aliphatic heterocycles. The van der Waals surface area contributed by atoms with Gasteiger partial charge >= 0.3 is 0 Å². The van der Waals surface area contributed by atoms with Crippen molar-refractivity contribution in [1.82, 2.24) is 15.4 Å². The van der Waals surface area contributed by atoms with E-state index >= 15 is 0 Å². The highest BCUT2D eigenvalue weighted by Crippen LogP contribution is 2.33. The summed E-state index contributed by atoms with van der Waals surface area (Å²) in [7, 11) is 0. The van der Waals surface area contributed by atoms with Gasteiger partial charge in [-0.25, -0.2) is 0 Å². The lowest BCUT2D eigenvalue weighted by atomic mass is 9.79. The molecule has 0 aromatic carbocycles. The van der Waals surface area contributed by atoms with Crippen LogP contribution in [0.3, 0.4) is 0 Å². The van der Waals surface area contributed by atoms with Gasteiger partial charge in [0.05, 0.1) is 9.75 Å². The molecular formula is C16H19N3O2S. The molecule has 2 bridgehead atoms. The Balaban J connectivity index is 1.48. The molecule has 3 fully saturated rings. The number of hydrogen-bond acceptors (Lipinski definition) is 5. The molecule has 1 N–H and O–H groups in total. The molecule has 5 heterocycles. The third kappa shape index (κ3) is 2.36. The number of thiophene rings is 1. The summed E-state index contributed by atoms with van der Waals surface area (Å²) in [6.07, 6.45) is 3.94. The molecule has 2 atom stereocenters. The number of amides is 1. The predicted octanol–water partition coefficient (Wildman–Crippen LogP) is 2.62. The molecule has 116 valence electrons. The van der Waals surface area contributed by atoms with E-state index in [9.17, 15) is 4.79 Å². The van der Waals surface area contributed by atoms with E-state index in [1.54, 1.807) is 6.26 Å². The molecule has 0 aliphatic carbocycles. The molecule has 0 unspecified atom stereocenters. The van der Waals surface area contributed by atoms with E-state index in [0.29, 0.717) is 12.0 Å². The summed E-state index contributed by atoms with van der Waals surface area (Å²) in [4.78, 5) is 16.7. The van der Waals surface area contributed by atoms with Crippen LogP contribution in [0.5, 0.6) is 0 Å². The number of carbonyl (C=O) groups is 1. The maximum Gasteiger partial charge on any atom is 0.261 e. The summed E-state index contributed by atoms with van der Waals surface area (Å²) in [5.74, 6) is 0.657. The Bertz CT molecular complexity index is 657. The first-order valence-electron chi connectivity index (χ1n) is 7.78. The molecule has 2 aromatic heterocycles. The van der Waals surface area contributed by atoms with Crippen LogP contribution in [0.1, 0.15) is 29.4 Å². The summed E-state index contributed by atoms with van der Waals surface area (Å²) in [5.41, 5.74) is 0.778. The summed E-state index contributed by atoms with van der Waals surface area (Å²) in [6, 6.07) is 6.31. The SMILES string of the molecule is C[C@H]1[C@H](NC(=O)c2ccc(-c3ccon3)s2)C2CCN1CC2. The lowest BCUT2D eigenvalue weighted by Gasteiger charge is -2.49. The summed E-state index contributed by atoms with van der Waals surface area (Å²) < 4.78 is 4.86. The third-order valence-corrected chi connectivity index (χ3v) is 6.10. The van der Waals surface area contributed by atoms with Gasteiger partial charge in [0.1, 0.15) is 12.0 Å². The van der Waals surface area contributed by atoms with Crippen LogP contribution < -0.4 is 5.32 Å². The molecule has 0 saturated carbocycles. The number of hydrogen-bond donors (Lipinski definition) is 1. The molecule has 6 heteroatoms. The highest BCUT2D eigenvalue weighted by molar-refractivity contribution is 7.17. The highest BCUT2D eigenvalue weighted by atomic mass is 32.1. The van der Waals surface area contributed by atoms with Crippen LogP contribution in [0.2, 0.25) is 0 Å². The van der Waals surface area contributed by atoms with E-state index in [1.807, 2.05) is 18.2 Å². The molecule has 0 radical (unpaired) electrons. The van der Waals surface area contributed by atoms with E-state index in [0.717, 1.165) is 15.4 Å². The van der Waals surface area contributed by atoms with Gasteiger partial charge in [-0.2, -0.15) is 0 Å². The van der Waals surface area contributed by atoms with E-state index in [4.69, 9.17) is 4.52 Å². The quantitative estimate of drug-likeness (QED) is 0.945. The first-order valence-corrected chi connectivity index (χ1v) is 8.59. The van der Waals surface area contributed by atoms with Crippen molar-refractivity contribution in [3.8, 4) is 10.6 Å². The van der Waals surface area contributed by atoms with Gasteiger partial charge < -0.3 is 9.84 Å². The van der Waals surface area contributed by atoms with Gasteiger partial charge in [0.15, 0.2) is 0 Å². The smallest absolute Gasteiger partial charge is 0.261 e. The summed E-state index contributed by atoms with van der Waals surface area (Å²) in [6.45, 7) is 4.58. The topological polar surface area (TPSA) is 58.4 Å². The predicted molar refractivity (Wildman–Crippen MR) is 84.8 cm³/mol. The molecule has 5 nitrogen and oxygen atoms in total. The fraction of sp³-hybridized carbons (Fsp3) is 0.500. The van der Waals surface area contributed by atoms with Crippen LogP contribution in [0.15, 0.2) is 29.0 Å². The summed E-state index contributed by atoms with van der Waals surface area (Å²) >= 11 is 1.46. The van der Waals surface area contributed by atoms with Gasteiger partial charge in [-0.05, 0) is 50.9 Å². The maximum absolute atomic E-state index is 12.6. The molecule has 1 amide bonds. The molecule has 3 aliphatic rings. The zero-order valence-corrected chi connectivity index (χ0v) is 13.3. The lowest BCUT2D eigenvalue weighted by molar-refractivity contribution is 0.0218. The molecule has 0 spiro atoms. The standard InChI is InChI=1S/C16H19N3O2S/c1-10-15(11-4-7-19(10)8-5-11)17-16(20)14-3-2-13(22-14)12-6-9-21-18-12/h2-3,6,9-11,15H,4-5,7-8H2,1H3,(H,17,20)/t10-,15-/m0/s1. The molecule has 3 saturated heterocycles. The van der Waals surface area contributed by atoms with E-state index in [2.05, 4.69) is 22.3 Å². The third-order valence-electron chi connectivity index (χ3n) is 5.00. The van der Waals surface area contributed by atoms with Gasteiger partial charge in [-0.3, -0.25) is 9.69 Å². The maximum atomic E-state index is 12.6. The van der Waals surface area contributed by atoms with Crippen molar-refractivity contribution in [3.05, 3.63) is 29.3 Å². The largest absolute Gasteiger partial charge is 0.364 e. The number of rotatable bonds is 3. The van der Waals surface area contributed by atoms with E-state index in [-0.39, 0.29) is 11.9 Å². The van der Waals surface area contributed by atoms with Gasteiger partial charge in [0, 0.05) is 18.2 Å². The first kappa shape index (κ1) is 14.0. The van der Waals surface area contributed by atoms with Crippen molar-refractivity contribution in [1.29, 1.82) is 0 Å². The second-order valence-corrected chi connectivity index (χ2v) is 7.25. The van der Waals surface area contributed by atoms with Crippen LogP contribution >= 0.6 is 11.3 Å². The van der Waals surface area contributed by atoms with E-state index in [1.165, 1.54) is 37.3 Å². The van der Waals surface area contributed by atoms with E-state index < -0.39 is 0 Å². The van der Waals surface area contributed by atoms with Crippen LogP contribution in [0.25, 0.3) is 10.6 Å². The first-order chi connectivity index (χ1) is 10.7. The lowest BCUT2D eigenvalue weighted by Crippen LogP contribution is -2.62. The van der Waals surface area contributed by atoms with Crippen molar-refractivity contribution in [2.75, 3.05) is 13.1 Å². The zero-order chi connectivity index (χ0) is 15.1. The van der Waals surface area contributed by atoms with Crippen molar-refractivity contribution >= 4 is 17.2 Å². The van der Waals surface area contributed by atoms with Crippen molar-refractivity contribution in [3.63, 3.8) is 0 Å². The number of nitrogens with one attached hydrogen (secondary N) is 1. The molecule has 22 heavy (non-hydrogen) atoms. The molecule has 2 aromatic rings. The van der Waals surface area contributed by atoms with Crippen LogP contribution in [0, 0.1) is 5.92 Å². The van der Waals surface area contributed by atoms with Crippen molar-refractivity contribution in [2.24, 2.45) is 5.92 Å². The zero-order valence-electron chi connectivity index (χ0n) is 12.5. The monoisotopic (exact) mass is 317 g/mol. The summed E-state index contributed by atoms with van der Waals surface area (Å²) in [5, 5.41) is 7.18. The number of nitrogens with zero attached hydrogens (tertiary/aromatic N) is 2. The Labute approximate surface area is 133 Å². The average molecular weight is 317 g/mol. The van der Waals surface area contributed by atoms with Crippen LogP contribution in [0.4, 0.5) is 0 Å². The van der Waals surface area contributed by atoms with Gasteiger partial charge in [-0.1, -0.05) is 5.16 Å². The Kier molecular flexibility index (Phi) is 3.50. The second kappa shape index (κ2) is 5.52. The Morgan fingerprint density at radius 2 is 2.18 bits per heavy atom. The van der Waals surface area contributed by atoms with Crippen LogP contribution in [-0.4, -0.2) is 41.1 Å². The molecular weight excluding hydrogens is 298 g/mol. The highest BCUT2D eigenvalue weighted by Gasteiger charge is 2.40. The van der Waals surface area contributed by atoms with Gasteiger partial charge in [-0.15, -0.1) is 11.3 Å². The number of carbonyl (C=O) groups excluding carboxylic acids is 1. The van der Waals surface area contributed by atoms with Crippen LogP contribution in [-0.2, 0) is 0 Å². The number of fused-ring (bicyclic) bond motifs is 3. The average Bonchev–Trinajstić information content (AvgIpc) is 3.21. The fourth-order valence-corrected chi connectivity index (χ4v) is 4.58. The Hall–Kier alpha value is -1.66. The Morgan fingerprint density at radius 1 is 1.36 bits per heavy atom. The minimum atomic E-state index is 0.0327. The Morgan fingerprint density at radius 3 is 2.86 bits per heavy atom. The fourth-order valence-electron chi connectivity index (χ4n) is 3.70. The minimum absolute atomic E-state index is 0.0327. The minimum Gasteiger partial charge on any atom is -0.364 e. The van der Waals surface area contributed by atoms with Crippen molar-refractivity contribution < 1.29 is 9.32 Å². The van der Waals surface area contributed by atoms with Gasteiger partial charge in [0.2, 0.25) is 0 Å². The van der Waals surface area contributed by atoms with Gasteiger partial charge in [0.25, 0.3) is 5.91 Å². The molecule has 5 rings (SSSR count). The van der Waals surface area contributed by atoms with Crippen molar-refractivity contribution in [2.45, 2.75) is 31.8 Å².